The zero-order valence-electron chi connectivity index (χ0n) is 11.2. The lowest BCUT2D eigenvalue weighted by molar-refractivity contribution is 0.0356. The number of carbonyl (C=O) groups is 1. The standard InChI is InChI=1S/C14H15N3O2S/c1-10-6-11(17-9-15-8-16-17)2-3-13(10)14(18)19-12-4-5-20-7-12/h2-3,6,8-9,12H,4-5,7H2,1H3/t12-/m1/s1. The number of thioether (sulfide) groups is 1. The van der Waals surface area contributed by atoms with E-state index in [0.717, 1.165) is 29.2 Å². The van der Waals surface area contributed by atoms with Crippen molar-refractivity contribution in [3.8, 4) is 5.69 Å². The Morgan fingerprint density at radius 3 is 3.05 bits per heavy atom. The third kappa shape index (κ3) is 2.70. The molecule has 0 bridgehead atoms. The minimum absolute atomic E-state index is 0.0573. The van der Waals surface area contributed by atoms with Crippen LogP contribution < -0.4 is 0 Å². The molecule has 6 heteroatoms. The van der Waals surface area contributed by atoms with Crippen LogP contribution in [-0.4, -0.2) is 38.3 Å². The van der Waals surface area contributed by atoms with Crippen LogP contribution in [0.5, 0.6) is 0 Å². The maximum absolute atomic E-state index is 12.2. The van der Waals surface area contributed by atoms with E-state index in [9.17, 15) is 4.79 Å². The molecule has 1 aromatic heterocycles. The lowest BCUT2D eigenvalue weighted by atomic mass is 10.1. The predicted molar refractivity (Wildman–Crippen MR) is 77.2 cm³/mol. The van der Waals surface area contributed by atoms with E-state index in [1.807, 2.05) is 30.8 Å². The molecule has 0 spiro atoms. The van der Waals surface area contributed by atoms with Crippen LogP contribution in [0.2, 0.25) is 0 Å². The number of ether oxygens (including phenoxy) is 1. The Hall–Kier alpha value is -1.82. The summed E-state index contributed by atoms with van der Waals surface area (Å²) in [6, 6.07) is 5.55. The molecule has 104 valence electrons. The minimum Gasteiger partial charge on any atom is -0.458 e. The highest BCUT2D eigenvalue weighted by Crippen LogP contribution is 2.22. The first-order valence-corrected chi connectivity index (χ1v) is 7.64. The van der Waals surface area contributed by atoms with E-state index < -0.39 is 0 Å². The van der Waals surface area contributed by atoms with Crippen LogP contribution in [0.15, 0.2) is 30.9 Å². The van der Waals surface area contributed by atoms with E-state index in [4.69, 9.17) is 4.74 Å². The van der Waals surface area contributed by atoms with Gasteiger partial charge in [-0.1, -0.05) is 0 Å². The third-order valence-electron chi connectivity index (χ3n) is 3.27. The van der Waals surface area contributed by atoms with E-state index >= 15 is 0 Å². The zero-order valence-corrected chi connectivity index (χ0v) is 12.0. The van der Waals surface area contributed by atoms with Gasteiger partial charge in [0.15, 0.2) is 0 Å². The number of carbonyl (C=O) groups excluding carboxylic acids is 1. The summed E-state index contributed by atoms with van der Waals surface area (Å²) in [5.41, 5.74) is 2.38. The highest BCUT2D eigenvalue weighted by Gasteiger charge is 2.21. The second kappa shape index (κ2) is 5.66. The summed E-state index contributed by atoms with van der Waals surface area (Å²) >= 11 is 1.83. The maximum atomic E-state index is 12.2. The van der Waals surface area contributed by atoms with Crippen LogP contribution >= 0.6 is 11.8 Å². The molecule has 1 atom stereocenters. The van der Waals surface area contributed by atoms with Crippen molar-refractivity contribution in [1.82, 2.24) is 14.8 Å². The van der Waals surface area contributed by atoms with E-state index in [1.54, 1.807) is 17.1 Å². The summed E-state index contributed by atoms with van der Waals surface area (Å²) in [5, 5.41) is 4.07. The fraction of sp³-hybridized carbons (Fsp3) is 0.357. The largest absolute Gasteiger partial charge is 0.458 e. The van der Waals surface area contributed by atoms with Gasteiger partial charge < -0.3 is 4.74 Å². The van der Waals surface area contributed by atoms with Crippen molar-refractivity contribution in [3.63, 3.8) is 0 Å². The van der Waals surface area contributed by atoms with Gasteiger partial charge in [-0.3, -0.25) is 0 Å². The quantitative estimate of drug-likeness (QED) is 0.811. The SMILES string of the molecule is Cc1cc(-n2cncn2)ccc1C(=O)O[C@@H]1CCSC1. The molecule has 0 amide bonds. The number of nitrogens with zero attached hydrogens (tertiary/aromatic N) is 3. The topological polar surface area (TPSA) is 57.0 Å². The first kappa shape index (κ1) is 13.2. The molecule has 5 nitrogen and oxygen atoms in total. The number of esters is 1. The molecule has 1 aliphatic rings. The molecule has 0 N–H and O–H groups in total. The zero-order chi connectivity index (χ0) is 13.9. The fourth-order valence-electron chi connectivity index (χ4n) is 2.18. The van der Waals surface area contributed by atoms with Gasteiger partial charge in [-0.2, -0.15) is 16.9 Å². The molecule has 1 saturated heterocycles. The maximum Gasteiger partial charge on any atom is 0.338 e. The van der Waals surface area contributed by atoms with Crippen LogP contribution in [0.3, 0.4) is 0 Å². The van der Waals surface area contributed by atoms with Crippen molar-refractivity contribution in [1.29, 1.82) is 0 Å². The number of aryl methyl sites for hydroxylation is 1. The molecule has 2 aromatic rings. The lowest BCUT2D eigenvalue weighted by Crippen LogP contribution is -2.18. The van der Waals surface area contributed by atoms with Gasteiger partial charge in [-0.05, 0) is 42.9 Å². The highest BCUT2D eigenvalue weighted by atomic mass is 32.2. The average molecular weight is 289 g/mol. The smallest absolute Gasteiger partial charge is 0.338 e. The van der Waals surface area contributed by atoms with Gasteiger partial charge >= 0.3 is 5.97 Å². The van der Waals surface area contributed by atoms with Gasteiger partial charge in [0.2, 0.25) is 0 Å². The summed E-state index contributed by atoms with van der Waals surface area (Å²) in [6.45, 7) is 1.90. The number of benzene rings is 1. The summed E-state index contributed by atoms with van der Waals surface area (Å²) < 4.78 is 7.18. The number of aromatic nitrogens is 3. The monoisotopic (exact) mass is 289 g/mol. The normalized spacial score (nSPS) is 18.1. The van der Waals surface area contributed by atoms with Crippen LogP contribution in [-0.2, 0) is 4.74 Å². The minimum atomic E-state index is -0.236. The molecular formula is C14H15N3O2S. The Labute approximate surface area is 121 Å². The molecule has 1 aromatic carbocycles. The molecule has 20 heavy (non-hydrogen) atoms. The second-order valence-electron chi connectivity index (χ2n) is 4.73. The Morgan fingerprint density at radius 2 is 2.40 bits per heavy atom. The molecule has 3 rings (SSSR count). The first-order valence-electron chi connectivity index (χ1n) is 6.48. The lowest BCUT2D eigenvalue weighted by Gasteiger charge is -2.12. The van der Waals surface area contributed by atoms with E-state index in [1.165, 1.54) is 6.33 Å². The Kier molecular flexibility index (Phi) is 3.73. The fourth-order valence-corrected chi connectivity index (χ4v) is 3.28. The average Bonchev–Trinajstić information content (AvgIpc) is 3.11. The molecule has 2 heterocycles. The number of hydrogen-bond acceptors (Lipinski definition) is 5. The van der Waals surface area contributed by atoms with Gasteiger partial charge in [-0.15, -0.1) is 0 Å². The van der Waals surface area contributed by atoms with Crippen molar-refractivity contribution in [2.24, 2.45) is 0 Å². The van der Waals surface area contributed by atoms with Crippen LogP contribution in [0.4, 0.5) is 0 Å². The van der Waals surface area contributed by atoms with E-state index in [-0.39, 0.29) is 12.1 Å². The highest BCUT2D eigenvalue weighted by molar-refractivity contribution is 7.99. The molecule has 0 saturated carbocycles. The van der Waals surface area contributed by atoms with Gasteiger partial charge in [0.25, 0.3) is 0 Å². The molecule has 1 fully saturated rings. The van der Waals surface area contributed by atoms with Crippen molar-refractivity contribution in [2.75, 3.05) is 11.5 Å². The Bertz CT molecular complexity index is 607. The van der Waals surface area contributed by atoms with Crippen molar-refractivity contribution in [2.45, 2.75) is 19.4 Å². The molecule has 1 aliphatic heterocycles. The second-order valence-corrected chi connectivity index (χ2v) is 5.88. The van der Waals surface area contributed by atoms with Crippen LogP contribution in [0.1, 0.15) is 22.3 Å². The third-order valence-corrected chi connectivity index (χ3v) is 4.41. The van der Waals surface area contributed by atoms with Gasteiger partial charge in [0.05, 0.1) is 11.3 Å². The summed E-state index contributed by atoms with van der Waals surface area (Å²) in [5.74, 6) is 1.74. The predicted octanol–water partition coefficient (Wildman–Crippen LogP) is 2.24. The molecule has 0 unspecified atom stereocenters. The van der Waals surface area contributed by atoms with Crippen molar-refractivity contribution in [3.05, 3.63) is 42.0 Å². The van der Waals surface area contributed by atoms with E-state index in [0.29, 0.717) is 5.56 Å². The Morgan fingerprint density at radius 1 is 1.50 bits per heavy atom. The van der Waals surface area contributed by atoms with Gasteiger partial charge in [0, 0.05) is 5.75 Å². The number of rotatable bonds is 3. The summed E-state index contributed by atoms with van der Waals surface area (Å²) in [4.78, 5) is 16.1. The van der Waals surface area contributed by atoms with Crippen molar-refractivity contribution < 1.29 is 9.53 Å². The molecule has 0 aliphatic carbocycles. The van der Waals surface area contributed by atoms with Crippen LogP contribution in [0.25, 0.3) is 5.69 Å². The number of hydrogen-bond donors (Lipinski definition) is 0. The summed E-state index contributed by atoms with van der Waals surface area (Å²) in [7, 11) is 0. The van der Waals surface area contributed by atoms with Gasteiger partial charge in [-0.25, -0.2) is 14.5 Å². The summed E-state index contributed by atoms with van der Waals surface area (Å²) in [6.07, 6.45) is 4.12. The Balaban J connectivity index is 1.78. The molecular weight excluding hydrogens is 274 g/mol. The van der Waals surface area contributed by atoms with Crippen LogP contribution in [0, 0.1) is 6.92 Å². The van der Waals surface area contributed by atoms with Crippen molar-refractivity contribution >= 4 is 17.7 Å². The first-order chi connectivity index (χ1) is 9.74. The van der Waals surface area contributed by atoms with Gasteiger partial charge in [0.1, 0.15) is 18.8 Å². The van der Waals surface area contributed by atoms with E-state index in [2.05, 4.69) is 10.1 Å². The molecule has 0 radical (unpaired) electrons.